The Kier molecular flexibility index (Phi) is 11.6. The fourth-order valence-corrected chi connectivity index (χ4v) is 3.30. The number of benzene rings is 2. The van der Waals surface area contributed by atoms with Gasteiger partial charge in [-0.25, -0.2) is 0 Å². The van der Waals surface area contributed by atoms with Crippen molar-refractivity contribution in [3.05, 3.63) is 59.7 Å². The lowest BCUT2D eigenvalue weighted by Crippen LogP contribution is -1.99. The molecule has 0 unspecified atom stereocenters. The van der Waals surface area contributed by atoms with Crippen LogP contribution < -0.4 is 9.47 Å². The molecule has 0 N–H and O–H groups in total. The lowest BCUT2D eigenvalue weighted by molar-refractivity contribution is 0.302. The summed E-state index contributed by atoms with van der Waals surface area (Å²) in [7, 11) is 0. The van der Waals surface area contributed by atoms with Gasteiger partial charge < -0.3 is 9.47 Å². The van der Waals surface area contributed by atoms with Crippen LogP contribution in [0.15, 0.2) is 48.5 Å². The first-order valence-corrected chi connectivity index (χ1v) is 11.1. The second-order valence-corrected chi connectivity index (χ2v) is 7.48. The van der Waals surface area contributed by atoms with Gasteiger partial charge >= 0.3 is 0 Å². The van der Waals surface area contributed by atoms with Crippen molar-refractivity contribution in [1.82, 2.24) is 0 Å². The van der Waals surface area contributed by atoms with Crippen LogP contribution in [-0.4, -0.2) is 13.2 Å². The minimum Gasteiger partial charge on any atom is -0.494 e. The lowest BCUT2D eigenvalue weighted by Gasteiger charge is -2.07. The van der Waals surface area contributed by atoms with Crippen molar-refractivity contribution in [3.63, 3.8) is 0 Å². The van der Waals surface area contributed by atoms with Gasteiger partial charge in [0.05, 0.1) is 30.4 Å². The number of para-hydroxylation sites is 1. The van der Waals surface area contributed by atoms with Crippen molar-refractivity contribution in [2.45, 2.75) is 64.2 Å². The zero-order valence-electron chi connectivity index (χ0n) is 17.8. The first-order valence-electron chi connectivity index (χ1n) is 11.1. The van der Waals surface area contributed by atoms with E-state index in [-0.39, 0.29) is 0 Å². The van der Waals surface area contributed by atoms with Crippen LogP contribution in [0.25, 0.3) is 0 Å². The zero-order valence-corrected chi connectivity index (χ0v) is 17.8. The minimum atomic E-state index is 0.610. The number of nitrogens with zero attached hydrogens (tertiary/aromatic N) is 2. The number of unbranched alkanes of at least 4 members (excludes halogenated alkanes) is 9. The van der Waals surface area contributed by atoms with Gasteiger partial charge in [-0.1, -0.05) is 63.5 Å². The van der Waals surface area contributed by atoms with Gasteiger partial charge in [-0.2, -0.15) is 10.5 Å². The van der Waals surface area contributed by atoms with Crippen molar-refractivity contribution < 1.29 is 9.47 Å². The van der Waals surface area contributed by atoms with Gasteiger partial charge in [-0.3, -0.25) is 0 Å². The Labute approximate surface area is 181 Å². The molecule has 0 aliphatic carbocycles. The largest absolute Gasteiger partial charge is 0.494 e. The highest BCUT2D eigenvalue weighted by Gasteiger charge is 2.01. The van der Waals surface area contributed by atoms with Gasteiger partial charge in [-0.05, 0) is 49.2 Å². The summed E-state index contributed by atoms with van der Waals surface area (Å²) in [6.45, 7) is 1.43. The summed E-state index contributed by atoms with van der Waals surface area (Å²) in [6.07, 6.45) is 12.2. The van der Waals surface area contributed by atoms with Crippen LogP contribution in [0.4, 0.5) is 0 Å². The standard InChI is InChI=1S/C26H32N2O2/c27-21-23-15-17-25(18-16-23)29-19-11-7-5-3-1-2-4-6-8-12-20-30-26-14-10-9-13-24(26)22-28/h9-10,13-18H,1-8,11-12,19-20H2. The molecule has 0 amide bonds. The van der Waals surface area contributed by atoms with E-state index in [9.17, 15) is 0 Å². The molecule has 0 saturated carbocycles. The zero-order chi connectivity index (χ0) is 21.3. The highest BCUT2D eigenvalue weighted by Crippen LogP contribution is 2.17. The van der Waals surface area contributed by atoms with E-state index in [2.05, 4.69) is 12.1 Å². The molecule has 0 saturated heterocycles. The summed E-state index contributed by atoms with van der Waals surface area (Å²) in [6, 6.07) is 19.0. The number of hydrogen-bond donors (Lipinski definition) is 0. The van der Waals surface area contributed by atoms with Gasteiger partial charge in [0.15, 0.2) is 0 Å². The van der Waals surface area contributed by atoms with Gasteiger partial charge in [0.25, 0.3) is 0 Å². The second-order valence-electron chi connectivity index (χ2n) is 7.48. The predicted octanol–water partition coefficient (Wildman–Crippen LogP) is 6.79. The van der Waals surface area contributed by atoms with E-state index in [0.29, 0.717) is 23.5 Å². The molecule has 4 heteroatoms. The molecule has 0 heterocycles. The molecule has 0 spiro atoms. The monoisotopic (exact) mass is 404 g/mol. The van der Waals surface area contributed by atoms with Crippen molar-refractivity contribution in [2.24, 2.45) is 0 Å². The van der Waals surface area contributed by atoms with E-state index in [1.165, 1.54) is 51.4 Å². The van der Waals surface area contributed by atoms with E-state index in [4.69, 9.17) is 20.0 Å². The quantitative estimate of drug-likeness (QED) is 0.307. The van der Waals surface area contributed by atoms with Crippen molar-refractivity contribution >= 4 is 0 Å². The van der Waals surface area contributed by atoms with Crippen LogP contribution in [0.1, 0.15) is 75.3 Å². The topological polar surface area (TPSA) is 66.0 Å². The number of nitriles is 2. The van der Waals surface area contributed by atoms with E-state index in [1.54, 1.807) is 18.2 Å². The highest BCUT2D eigenvalue weighted by molar-refractivity contribution is 5.42. The fraction of sp³-hybridized carbons (Fsp3) is 0.462. The van der Waals surface area contributed by atoms with Gasteiger partial charge in [0.1, 0.15) is 17.6 Å². The first kappa shape index (κ1) is 23.3. The summed E-state index contributed by atoms with van der Waals surface area (Å²) in [4.78, 5) is 0. The second kappa shape index (κ2) is 14.9. The molecular weight excluding hydrogens is 372 g/mol. The minimum absolute atomic E-state index is 0.610. The SMILES string of the molecule is N#Cc1ccc(OCCCCCCCCCCCCOc2ccccc2C#N)cc1. The van der Waals surface area contributed by atoms with Crippen LogP contribution in [0, 0.1) is 22.7 Å². The van der Waals surface area contributed by atoms with Gasteiger partial charge in [0.2, 0.25) is 0 Å². The highest BCUT2D eigenvalue weighted by atomic mass is 16.5. The summed E-state index contributed by atoms with van der Waals surface area (Å²) in [5, 5.41) is 17.8. The maximum absolute atomic E-state index is 9.04. The Hall–Kier alpha value is -2.98. The van der Waals surface area contributed by atoms with Gasteiger partial charge in [-0.15, -0.1) is 0 Å². The predicted molar refractivity (Wildman–Crippen MR) is 119 cm³/mol. The third kappa shape index (κ3) is 9.48. The van der Waals surface area contributed by atoms with Crippen LogP contribution in [-0.2, 0) is 0 Å². The van der Waals surface area contributed by atoms with E-state index in [1.807, 2.05) is 30.3 Å². The number of ether oxygens (including phenoxy) is 2. The maximum atomic E-state index is 9.04. The Morgan fingerprint density at radius 2 is 1.10 bits per heavy atom. The Morgan fingerprint density at radius 1 is 0.567 bits per heavy atom. The molecule has 4 nitrogen and oxygen atoms in total. The molecule has 0 aromatic heterocycles. The lowest BCUT2D eigenvalue weighted by atomic mass is 10.1. The molecule has 0 aliphatic heterocycles. The summed E-state index contributed by atoms with van der Waals surface area (Å²) < 4.78 is 11.4. The van der Waals surface area contributed by atoms with Crippen molar-refractivity contribution in [1.29, 1.82) is 10.5 Å². The molecule has 0 aliphatic rings. The van der Waals surface area contributed by atoms with Crippen LogP contribution >= 0.6 is 0 Å². The van der Waals surface area contributed by atoms with Crippen LogP contribution in [0.3, 0.4) is 0 Å². The smallest absolute Gasteiger partial charge is 0.137 e. The van der Waals surface area contributed by atoms with Crippen molar-refractivity contribution in [2.75, 3.05) is 13.2 Å². The fourth-order valence-electron chi connectivity index (χ4n) is 3.30. The molecule has 0 bridgehead atoms. The molecule has 0 radical (unpaired) electrons. The molecule has 0 fully saturated rings. The normalized spacial score (nSPS) is 10.2. The Bertz CT molecular complexity index is 803. The molecule has 2 aromatic rings. The molecule has 0 atom stereocenters. The Balaban J connectivity index is 1.35. The molecular formula is C26H32N2O2. The Morgan fingerprint density at radius 3 is 1.67 bits per heavy atom. The van der Waals surface area contributed by atoms with Crippen LogP contribution in [0.5, 0.6) is 11.5 Å². The van der Waals surface area contributed by atoms with E-state index >= 15 is 0 Å². The van der Waals surface area contributed by atoms with Crippen molar-refractivity contribution in [3.8, 4) is 23.6 Å². The molecule has 30 heavy (non-hydrogen) atoms. The summed E-state index contributed by atoms with van der Waals surface area (Å²) in [5.74, 6) is 1.54. The molecule has 158 valence electrons. The average Bonchev–Trinajstić information content (AvgIpc) is 2.80. The molecule has 2 rings (SSSR count). The summed E-state index contributed by atoms with van der Waals surface area (Å²) >= 11 is 0. The van der Waals surface area contributed by atoms with Gasteiger partial charge in [0, 0.05) is 0 Å². The molecule has 2 aromatic carbocycles. The third-order valence-electron chi connectivity index (χ3n) is 5.06. The maximum Gasteiger partial charge on any atom is 0.137 e. The van der Waals surface area contributed by atoms with E-state index in [0.717, 1.165) is 25.2 Å². The number of hydrogen-bond acceptors (Lipinski definition) is 4. The number of rotatable bonds is 15. The first-order chi connectivity index (χ1) is 14.8. The average molecular weight is 405 g/mol. The summed E-state index contributed by atoms with van der Waals surface area (Å²) in [5.41, 5.74) is 1.27. The van der Waals surface area contributed by atoms with Crippen LogP contribution in [0.2, 0.25) is 0 Å². The third-order valence-corrected chi connectivity index (χ3v) is 5.06. The van der Waals surface area contributed by atoms with E-state index < -0.39 is 0 Å².